The summed E-state index contributed by atoms with van der Waals surface area (Å²) in [5.74, 6) is -1.43. The Morgan fingerprint density at radius 1 is 0.746 bits per heavy atom. The van der Waals surface area contributed by atoms with Gasteiger partial charge in [0.15, 0.2) is 12.3 Å². The number of nitrogen functional groups attached to an aromatic ring is 1. The van der Waals surface area contributed by atoms with Crippen LogP contribution >= 0.6 is 15.6 Å². The molecule has 0 bridgehead atoms. The van der Waals surface area contributed by atoms with Gasteiger partial charge in [0.05, 0.1) is 19.3 Å². The van der Waals surface area contributed by atoms with E-state index in [1.165, 1.54) is 6.07 Å². The first-order valence-corrected chi connectivity index (χ1v) is 27.3. The largest absolute Gasteiger partial charge is 0.481 e. The van der Waals surface area contributed by atoms with E-state index in [-0.39, 0.29) is 18.7 Å². The van der Waals surface area contributed by atoms with Crippen molar-refractivity contribution >= 4 is 33.4 Å². The second kappa shape index (κ2) is 37.4. The van der Waals surface area contributed by atoms with Crippen molar-refractivity contribution in [3.63, 3.8) is 0 Å². The van der Waals surface area contributed by atoms with Crippen LogP contribution in [0.25, 0.3) is 0 Å². The van der Waals surface area contributed by atoms with Gasteiger partial charge < -0.3 is 45.1 Å². The second-order valence-corrected chi connectivity index (χ2v) is 19.4. The Bertz CT molecular complexity index is 2080. The normalized spacial score (nSPS) is 20.4. The number of carbonyl (C=O) groups is 2. The van der Waals surface area contributed by atoms with Crippen LogP contribution in [0.3, 0.4) is 0 Å². The summed E-state index contributed by atoms with van der Waals surface area (Å²) >= 11 is 0. The number of esters is 2. The number of ether oxygens (including phenoxy) is 3. The van der Waals surface area contributed by atoms with Crippen molar-refractivity contribution in [3.8, 4) is 0 Å². The van der Waals surface area contributed by atoms with E-state index < -0.39 is 89.8 Å². The summed E-state index contributed by atoms with van der Waals surface area (Å²) in [7, 11) is -10.9. The number of carbonyl (C=O) groups excluding carboxylic acids is 2. The number of hydrogen-bond donors (Lipinski definition) is 6. The highest BCUT2D eigenvalue weighted by Crippen LogP contribution is 2.60. The molecule has 1 aromatic rings. The van der Waals surface area contributed by atoms with Gasteiger partial charge in [0.1, 0.15) is 30.7 Å². The number of aliphatic hydroxyl groups is 3. The fourth-order valence-electron chi connectivity index (χ4n) is 6.50. The van der Waals surface area contributed by atoms with Gasteiger partial charge >= 0.3 is 33.3 Å². The first kappa shape index (κ1) is 62.8. The Morgan fingerprint density at radius 2 is 1.32 bits per heavy atom. The van der Waals surface area contributed by atoms with Crippen molar-refractivity contribution in [3.05, 3.63) is 120 Å². The van der Waals surface area contributed by atoms with E-state index in [0.717, 1.165) is 75.0 Å². The standard InChI is InChI=1S/C50H77N3O16P2/c1-3-5-7-8-9-10-11-12-13-14-19-22-25-28-31-35-46(56)67-42(38-64-45(55)34-30-27-24-21-18-16-15-17-20-23-26-29-33-41(54)32-6-4-2)39-65-70(60,61)69-71(62,63)66-40-43-47(57)48(58)49(68-43)53-37-36-44(51)52-50(53)59/h5-7,9-10,12-13,15-16,20-21,23-24,26,29,32,36-37,41-43,47-49,54,57-58H,3-4,8,11,14,17-19,22,25,27-28,30-31,33-35,38-40H2,1-2H3,(H,60,61)(H,62,63)(H2,51,52,59)/b7-5-,10-9-,13-12-,16-15-,23-20-,24-21-,29-26+,32-6-/t41?,42-,43-,47-,48-,49-/m1/s1. The molecule has 398 valence electrons. The third kappa shape index (κ3) is 30.3. The van der Waals surface area contributed by atoms with Crippen LogP contribution in [0, 0.1) is 0 Å². The number of allylic oxidation sites excluding steroid dienone is 14. The van der Waals surface area contributed by atoms with Crippen LogP contribution in [-0.4, -0.2) is 96.9 Å². The summed E-state index contributed by atoms with van der Waals surface area (Å²) in [4.78, 5) is 61.8. The van der Waals surface area contributed by atoms with E-state index in [1.54, 1.807) is 6.08 Å². The molecule has 1 saturated heterocycles. The van der Waals surface area contributed by atoms with Crippen molar-refractivity contribution in [2.24, 2.45) is 0 Å². The zero-order chi connectivity index (χ0) is 52.2. The molecule has 1 aliphatic heterocycles. The second-order valence-electron chi connectivity index (χ2n) is 16.4. The molecule has 2 heterocycles. The lowest BCUT2D eigenvalue weighted by Gasteiger charge is -2.21. The van der Waals surface area contributed by atoms with Gasteiger partial charge in [0, 0.05) is 19.0 Å². The van der Waals surface area contributed by atoms with Crippen molar-refractivity contribution in [1.29, 1.82) is 0 Å². The summed E-state index contributed by atoms with van der Waals surface area (Å²) in [6.07, 6.45) is 37.0. The average molecular weight is 1040 g/mol. The molecule has 7 N–H and O–H groups in total. The van der Waals surface area contributed by atoms with Crippen molar-refractivity contribution in [1.82, 2.24) is 9.55 Å². The van der Waals surface area contributed by atoms with Gasteiger partial charge in [0.2, 0.25) is 0 Å². The minimum Gasteiger partial charge on any atom is -0.462 e. The highest BCUT2D eigenvalue weighted by Gasteiger charge is 2.46. The predicted molar refractivity (Wildman–Crippen MR) is 271 cm³/mol. The van der Waals surface area contributed by atoms with Gasteiger partial charge in [-0.1, -0.05) is 130 Å². The first-order chi connectivity index (χ1) is 34.1. The quantitative estimate of drug-likeness (QED) is 0.0119. The fraction of sp³-hybridized carbons (Fsp3) is 0.560. The third-order valence-corrected chi connectivity index (χ3v) is 12.8. The number of anilines is 1. The molecule has 0 radical (unpaired) electrons. The first-order valence-electron chi connectivity index (χ1n) is 24.4. The Morgan fingerprint density at radius 3 is 2.00 bits per heavy atom. The van der Waals surface area contributed by atoms with Gasteiger partial charge in [0.25, 0.3) is 0 Å². The Balaban J connectivity index is 1.85. The number of phosphoric ester groups is 2. The van der Waals surface area contributed by atoms with Gasteiger partial charge in [-0.3, -0.25) is 23.2 Å². The Labute approximate surface area is 418 Å². The molecule has 1 aliphatic rings. The maximum absolute atomic E-state index is 12.8. The monoisotopic (exact) mass is 1040 g/mol. The van der Waals surface area contributed by atoms with Gasteiger partial charge in [-0.15, -0.1) is 0 Å². The van der Waals surface area contributed by atoms with Crippen molar-refractivity contribution in [2.75, 3.05) is 25.6 Å². The zero-order valence-corrected chi connectivity index (χ0v) is 42.9. The van der Waals surface area contributed by atoms with Crippen LogP contribution in [0.4, 0.5) is 5.82 Å². The zero-order valence-electron chi connectivity index (χ0n) is 41.1. The number of rotatable bonds is 38. The molecular formula is C50H77N3O16P2. The smallest absolute Gasteiger partial charge is 0.462 e. The van der Waals surface area contributed by atoms with E-state index in [0.29, 0.717) is 32.1 Å². The summed E-state index contributed by atoms with van der Waals surface area (Å²) in [5.41, 5.74) is 4.57. The average Bonchev–Trinajstić information content (AvgIpc) is 3.60. The van der Waals surface area contributed by atoms with E-state index in [4.69, 9.17) is 29.0 Å². The number of hydrogen-bond acceptors (Lipinski definition) is 16. The third-order valence-electron chi connectivity index (χ3n) is 10.2. The Kier molecular flexibility index (Phi) is 33.1. The number of aromatic nitrogens is 2. The number of aliphatic hydroxyl groups excluding tert-OH is 3. The summed E-state index contributed by atoms with van der Waals surface area (Å²) in [6, 6.07) is 1.24. The molecule has 8 atom stereocenters. The highest BCUT2D eigenvalue weighted by atomic mass is 31.3. The molecule has 2 rings (SSSR count). The van der Waals surface area contributed by atoms with Crippen molar-refractivity contribution < 1.29 is 71.4 Å². The van der Waals surface area contributed by atoms with E-state index in [2.05, 4.69) is 52.7 Å². The highest BCUT2D eigenvalue weighted by molar-refractivity contribution is 7.61. The summed E-state index contributed by atoms with van der Waals surface area (Å²) in [6.45, 7) is 1.70. The number of unbranched alkanes of at least 4 members (excludes halogenated alkanes) is 6. The molecule has 0 aliphatic carbocycles. The topological polar surface area (TPSA) is 286 Å². The molecule has 3 unspecified atom stereocenters. The fourth-order valence-corrected chi connectivity index (χ4v) is 8.61. The number of nitrogens with zero attached hydrogens (tertiary/aromatic N) is 2. The minimum atomic E-state index is -5.45. The lowest BCUT2D eigenvalue weighted by molar-refractivity contribution is -0.161. The minimum absolute atomic E-state index is 0.00395. The summed E-state index contributed by atoms with van der Waals surface area (Å²) < 4.78 is 56.6. The number of nitrogens with two attached hydrogens (primary N) is 1. The maximum Gasteiger partial charge on any atom is 0.481 e. The van der Waals surface area contributed by atoms with Crippen LogP contribution in [0.1, 0.15) is 129 Å². The lowest BCUT2D eigenvalue weighted by Crippen LogP contribution is -2.36. The molecule has 21 heteroatoms. The molecule has 0 amide bonds. The summed E-state index contributed by atoms with van der Waals surface area (Å²) in [5, 5.41) is 30.7. The molecule has 1 aromatic heterocycles. The van der Waals surface area contributed by atoms with E-state index in [9.17, 15) is 48.6 Å². The van der Waals surface area contributed by atoms with Crippen LogP contribution < -0.4 is 11.4 Å². The van der Waals surface area contributed by atoms with Gasteiger partial charge in [-0.2, -0.15) is 9.29 Å². The maximum atomic E-state index is 12.8. The van der Waals surface area contributed by atoms with Crippen LogP contribution in [-0.2, 0) is 46.3 Å². The molecule has 0 spiro atoms. The van der Waals surface area contributed by atoms with E-state index >= 15 is 0 Å². The molecule has 0 aromatic carbocycles. The molecule has 71 heavy (non-hydrogen) atoms. The molecular weight excluding hydrogens is 961 g/mol. The van der Waals surface area contributed by atoms with Gasteiger partial charge in [-0.05, 0) is 83.1 Å². The van der Waals surface area contributed by atoms with Crippen LogP contribution in [0.5, 0.6) is 0 Å². The van der Waals surface area contributed by atoms with Crippen LogP contribution in [0.2, 0.25) is 0 Å². The molecule has 1 fully saturated rings. The molecule has 0 saturated carbocycles. The lowest BCUT2D eigenvalue weighted by atomic mass is 10.1. The van der Waals surface area contributed by atoms with Crippen molar-refractivity contribution in [2.45, 2.75) is 160 Å². The Hall–Kier alpha value is -4.36. The van der Waals surface area contributed by atoms with Gasteiger partial charge in [-0.25, -0.2) is 13.9 Å². The van der Waals surface area contributed by atoms with E-state index in [1.807, 2.05) is 61.6 Å². The predicted octanol–water partition coefficient (Wildman–Crippen LogP) is 8.63. The molecule has 19 nitrogen and oxygen atoms in total. The SMILES string of the molecule is CC/C=C\C/C=C\C/C=C\CCCCCCCC(=O)O[C@H](COC(=O)CCC/C=C\C/C=C\C/C=C\C=C\CC(O)/C=C\CC)COP(=O)(O)OP(=O)(O)OC[C@H]1O[C@@H](n2ccc(N)nc2=O)[C@H](O)[C@@H]1O. The van der Waals surface area contributed by atoms with Crippen LogP contribution in [0.15, 0.2) is 114 Å². The number of phosphoric acid groups is 2.